The predicted octanol–water partition coefficient (Wildman–Crippen LogP) is 3.20. The van der Waals surface area contributed by atoms with Gasteiger partial charge in [-0.05, 0) is 36.6 Å². The third-order valence-electron chi connectivity index (χ3n) is 4.27. The zero-order chi connectivity index (χ0) is 18.7. The molecule has 26 heavy (non-hydrogen) atoms. The van der Waals surface area contributed by atoms with E-state index in [1.165, 1.54) is 11.0 Å². The lowest BCUT2D eigenvalue weighted by Gasteiger charge is -2.30. The van der Waals surface area contributed by atoms with Crippen LogP contribution in [-0.2, 0) is 11.2 Å². The van der Waals surface area contributed by atoms with Crippen molar-refractivity contribution in [2.45, 2.75) is 19.3 Å². The summed E-state index contributed by atoms with van der Waals surface area (Å²) < 4.78 is 40.5. The minimum absolute atomic E-state index is 0.0330. The van der Waals surface area contributed by atoms with Crippen LogP contribution >= 0.6 is 0 Å². The lowest BCUT2D eigenvalue weighted by molar-refractivity contribution is -0.118. The van der Waals surface area contributed by atoms with Crippen molar-refractivity contribution in [3.8, 4) is 0 Å². The van der Waals surface area contributed by atoms with E-state index in [9.17, 15) is 22.8 Å². The van der Waals surface area contributed by atoms with Gasteiger partial charge in [-0.25, -0.2) is 13.2 Å². The summed E-state index contributed by atoms with van der Waals surface area (Å²) in [7, 11) is 0. The van der Waals surface area contributed by atoms with Crippen LogP contribution in [0.2, 0.25) is 0 Å². The van der Waals surface area contributed by atoms with Crippen LogP contribution in [0.5, 0.6) is 0 Å². The van der Waals surface area contributed by atoms with Crippen LogP contribution in [0.3, 0.4) is 0 Å². The largest absolute Gasteiger partial charge is 0.351 e. The molecule has 1 heterocycles. The number of carbonyl (C=O) groups excluding carboxylic acids is 2. The van der Waals surface area contributed by atoms with Crippen molar-refractivity contribution in [3.63, 3.8) is 0 Å². The molecule has 0 fully saturated rings. The highest BCUT2D eigenvalue weighted by atomic mass is 19.1. The minimum atomic E-state index is -0.971. The Morgan fingerprint density at radius 2 is 1.88 bits per heavy atom. The molecule has 2 aromatic rings. The van der Waals surface area contributed by atoms with Crippen molar-refractivity contribution in [1.29, 1.82) is 0 Å². The van der Waals surface area contributed by atoms with Crippen molar-refractivity contribution in [3.05, 3.63) is 65.0 Å². The number of benzene rings is 2. The van der Waals surface area contributed by atoms with Gasteiger partial charge in [-0.3, -0.25) is 9.59 Å². The number of rotatable bonds is 4. The van der Waals surface area contributed by atoms with E-state index in [0.29, 0.717) is 24.7 Å². The molecule has 0 atom stereocenters. The average Bonchev–Trinajstić information content (AvgIpc) is 2.61. The zero-order valence-electron chi connectivity index (χ0n) is 13.9. The molecule has 0 aromatic heterocycles. The molecule has 2 aromatic carbocycles. The van der Waals surface area contributed by atoms with Gasteiger partial charge < -0.3 is 10.2 Å². The summed E-state index contributed by atoms with van der Waals surface area (Å²) in [5, 5.41) is 2.43. The summed E-state index contributed by atoms with van der Waals surface area (Å²) in [5.74, 6) is -3.26. The van der Waals surface area contributed by atoms with E-state index in [2.05, 4.69) is 5.32 Å². The zero-order valence-corrected chi connectivity index (χ0v) is 13.9. The first-order chi connectivity index (χ1) is 12.5. The van der Waals surface area contributed by atoms with Crippen LogP contribution in [-0.4, -0.2) is 24.9 Å². The average molecular weight is 362 g/mol. The Kier molecular flexibility index (Phi) is 5.25. The Morgan fingerprint density at radius 1 is 1.08 bits per heavy atom. The second-order valence-corrected chi connectivity index (χ2v) is 6.03. The van der Waals surface area contributed by atoms with Crippen LogP contribution in [0.15, 0.2) is 36.4 Å². The molecule has 4 nitrogen and oxygen atoms in total. The number of aryl methyl sites for hydroxylation is 1. The standard InChI is InChI=1S/C19H17F3N2O2/c20-13-6-7-14(16(22)11-13)19(26)23-9-8-17(25)24-10-2-4-12-3-1-5-15(21)18(12)24/h1,3,5-7,11H,2,4,8-10H2,(H,23,26). The molecule has 3 rings (SSSR count). The van der Waals surface area contributed by atoms with Gasteiger partial charge in [0.15, 0.2) is 0 Å². The second kappa shape index (κ2) is 7.59. The third kappa shape index (κ3) is 3.71. The molecule has 0 unspecified atom stereocenters. The first-order valence-electron chi connectivity index (χ1n) is 8.28. The van der Waals surface area contributed by atoms with Gasteiger partial charge in [-0.15, -0.1) is 0 Å². The molecule has 1 aliphatic heterocycles. The van der Waals surface area contributed by atoms with Crippen molar-refractivity contribution in [2.24, 2.45) is 0 Å². The maximum atomic E-state index is 14.1. The number of halogens is 3. The third-order valence-corrected chi connectivity index (χ3v) is 4.27. The maximum absolute atomic E-state index is 14.1. The summed E-state index contributed by atoms with van der Waals surface area (Å²) in [5.41, 5.74) is 0.773. The van der Waals surface area contributed by atoms with Crippen molar-refractivity contribution < 1.29 is 22.8 Å². The van der Waals surface area contributed by atoms with Crippen LogP contribution in [0, 0.1) is 17.5 Å². The molecule has 2 amide bonds. The predicted molar refractivity (Wildman–Crippen MR) is 90.4 cm³/mol. The Balaban J connectivity index is 1.61. The Morgan fingerprint density at radius 3 is 2.65 bits per heavy atom. The number of nitrogens with zero attached hydrogens (tertiary/aromatic N) is 1. The smallest absolute Gasteiger partial charge is 0.254 e. The Hall–Kier alpha value is -2.83. The second-order valence-electron chi connectivity index (χ2n) is 6.03. The van der Waals surface area contributed by atoms with Crippen LogP contribution in [0.1, 0.15) is 28.8 Å². The van der Waals surface area contributed by atoms with Gasteiger partial charge in [0, 0.05) is 25.6 Å². The normalized spacial score (nSPS) is 13.3. The molecule has 136 valence electrons. The first-order valence-corrected chi connectivity index (χ1v) is 8.28. The van der Waals surface area contributed by atoms with Gasteiger partial charge in [-0.2, -0.15) is 0 Å². The van der Waals surface area contributed by atoms with Crippen molar-refractivity contribution >= 4 is 17.5 Å². The Labute approximate surface area is 148 Å². The van der Waals surface area contributed by atoms with Gasteiger partial charge in [0.2, 0.25) is 5.91 Å². The number of hydrogen-bond donors (Lipinski definition) is 1. The number of para-hydroxylation sites is 1. The fourth-order valence-electron chi connectivity index (χ4n) is 3.04. The summed E-state index contributed by atoms with van der Waals surface area (Å²) in [6.45, 7) is 0.377. The lowest BCUT2D eigenvalue weighted by atomic mass is 10.0. The quantitative estimate of drug-likeness (QED) is 0.908. The first kappa shape index (κ1) is 18.0. The van der Waals surface area contributed by atoms with E-state index >= 15 is 0 Å². The van der Waals surface area contributed by atoms with E-state index in [1.54, 1.807) is 12.1 Å². The number of anilines is 1. The minimum Gasteiger partial charge on any atom is -0.351 e. The molecular formula is C19H17F3N2O2. The number of nitrogens with one attached hydrogen (secondary N) is 1. The van der Waals surface area contributed by atoms with Crippen molar-refractivity contribution in [1.82, 2.24) is 5.32 Å². The highest BCUT2D eigenvalue weighted by Gasteiger charge is 2.25. The van der Waals surface area contributed by atoms with Gasteiger partial charge in [0.05, 0.1) is 11.3 Å². The van der Waals surface area contributed by atoms with E-state index in [-0.39, 0.29) is 24.4 Å². The van der Waals surface area contributed by atoms with Gasteiger partial charge in [0.25, 0.3) is 5.91 Å². The highest BCUT2D eigenvalue weighted by Crippen LogP contribution is 2.30. The van der Waals surface area contributed by atoms with Crippen LogP contribution in [0.4, 0.5) is 18.9 Å². The topological polar surface area (TPSA) is 49.4 Å². The summed E-state index contributed by atoms with van der Waals surface area (Å²) in [4.78, 5) is 25.7. The molecule has 1 N–H and O–H groups in total. The maximum Gasteiger partial charge on any atom is 0.254 e. The van der Waals surface area contributed by atoms with Gasteiger partial charge in [0.1, 0.15) is 17.5 Å². The monoisotopic (exact) mass is 362 g/mol. The molecule has 0 bridgehead atoms. The van der Waals surface area contributed by atoms with Gasteiger partial charge >= 0.3 is 0 Å². The van der Waals surface area contributed by atoms with E-state index in [4.69, 9.17) is 0 Å². The number of fused-ring (bicyclic) bond motifs is 1. The SMILES string of the molecule is O=C(NCCC(=O)N1CCCc2cccc(F)c21)c1ccc(F)cc1F. The highest BCUT2D eigenvalue weighted by molar-refractivity contribution is 5.96. The summed E-state index contributed by atoms with van der Waals surface area (Å²) in [6, 6.07) is 7.35. The molecule has 0 radical (unpaired) electrons. The van der Waals surface area contributed by atoms with E-state index in [0.717, 1.165) is 24.1 Å². The number of amides is 2. The van der Waals surface area contributed by atoms with Crippen LogP contribution < -0.4 is 10.2 Å². The van der Waals surface area contributed by atoms with Crippen molar-refractivity contribution in [2.75, 3.05) is 18.0 Å². The fraction of sp³-hybridized carbons (Fsp3) is 0.263. The number of hydrogen-bond acceptors (Lipinski definition) is 2. The molecule has 7 heteroatoms. The fourth-order valence-corrected chi connectivity index (χ4v) is 3.04. The molecule has 0 spiro atoms. The van der Waals surface area contributed by atoms with Gasteiger partial charge in [-0.1, -0.05) is 12.1 Å². The molecule has 0 saturated heterocycles. The number of carbonyl (C=O) groups is 2. The Bertz CT molecular complexity index is 855. The summed E-state index contributed by atoms with van der Waals surface area (Å²) >= 11 is 0. The van der Waals surface area contributed by atoms with Crippen LogP contribution in [0.25, 0.3) is 0 Å². The molecular weight excluding hydrogens is 345 g/mol. The van der Waals surface area contributed by atoms with E-state index < -0.39 is 23.4 Å². The molecule has 0 saturated carbocycles. The lowest BCUT2D eigenvalue weighted by Crippen LogP contribution is -2.38. The van der Waals surface area contributed by atoms with E-state index in [1.807, 2.05) is 0 Å². The molecule has 0 aliphatic carbocycles. The molecule has 1 aliphatic rings. The summed E-state index contributed by atoms with van der Waals surface area (Å²) in [6.07, 6.45) is 1.38.